The highest BCUT2D eigenvalue weighted by molar-refractivity contribution is 6.87. The molecule has 10 heteroatoms. The Labute approximate surface area is 166 Å². The topological polar surface area (TPSA) is 102 Å². The van der Waals surface area contributed by atoms with E-state index in [9.17, 15) is 19.8 Å². The minimum Gasteiger partial charge on any atom is -0.437 e. The summed E-state index contributed by atoms with van der Waals surface area (Å²) in [6, 6.07) is 0.561. The third-order valence-electron chi connectivity index (χ3n) is 3.44. The predicted octanol–water partition coefficient (Wildman–Crippen LogP) is 2.91. The first-order valence-electron chi connectivity index (χ1n) is 9.09. The molecule has 0 heterocycles. The zero-order valence-electron chi connectivity index (χ0n) is 18.0. The summed E-state index contributed by atoms with van der Waals surface area (Å²) in [6.45, 7) is 18.5. The molecule has 0 amide bonds. The first-order valence-corrected chi connectivity index (χ1v) is 18.4. The van der Waals surface area contributed by atoms with Gasteiger partial charge in [0.25, 0.3) is 0 Å². The van der Waals surface area contributed by atoms with Crippen LogP contribution in [0.2, 0.25) is 51.9 Å². The summed E-state index contributed by atoms with van der Waals surface area (Å²) in [5, 5.41) is 19.9. The van der Waals surface area contributed by atoms with Crippen LogP contribution < -0.4 is 0 Å². The summed E-state index contributed by atoms with van der Waals surface area (Å²) in [5.41, 5.74) is -2.10. The molecule has 158 valence electrons. The highest BCUT2D eigenvalue weighted by Crippen LogP contribution is 2.28. The van der Waals surface area contributed by atoms with Crippen molar-refractivity contribution in [3.63, 3.8) is 0 Å². The van der Waals surface area contributed by atoms with Crippen molar-refractivity contribution >= 4 is 37.1 Å². The fourth-order valence-electron chi connectivity index (χ4n) is 2.63. The molecule has 27 heavy (non-hydrogen) atoms. The first kappa shape index (κ1) is 26.4. The number of hydrogen-bond acceptors (Lipinski definition) is 7. The van der Waals surface area contributed by atoms with Gasteiger partial charge in [-0.15, -0.1) is 0 Å². The minimum atomic E-state index is -2.52. The van der Waals surface area contributed by atoms with Crippen LogP contribution in [0.15, 0.2) is 12.2 Å². The number of esters is 2. The van der Waals surface area contributed by atoms with E-state index in [1.807, 2.05) is 6.55 Å². The lowest BCUT2D eigenvalue weighted by atomic mass is 9.99. The standard InChI is InChI=1S/C17H36O7Si3/c1-14(2)15(19)22-16(20)17(21,13-18)11-10-12-27(9,23-25(3,4)5)24-26(6,7)8/h18,21H,1,10-13H2,2-9H3. The van der Waals surface area contributed by atoms with Gasteiger partial charge in [0.15, 0.2) is 22.2 Å². The third kappa shape index (κ3) is 10.5. The molecule has 1 unspecified atom stereocenters. The molecule has 0 saturated heterocycles. The van der Waals surface area contributed by atoms with E-state index in [-0.39, 0.29) is 12.0 Å². The first-order chi connectivity index (χ1) is 11.9. The summed E-state index contributed by atoms with van der Waals surface area (Å²) in [5.74, 6) is -2.09. The van der Waals surface area contributed by atoms with Crippen molar-refractivity contribution in [1.82, 2.24) is 0 Å². The van der Waals surface area contributed by atoms with Crippen LogP contribution in [-0.4, -0.2) is 59.6 Å². The number of aliphatic hydroxyl groups excluding tert-OH is 1. The van der Waals surface area contributed by atoms with Crippen LogP contribution in [-0.2, 0) is 22.6 Å². The van der Waals surface area contributed by atoms with Crippen molar-refractivity contribution in [2.45, 2.75) is 77.2 Å². The van der Waals surface area contributed by atoms with Crippen molar-refractivity contribution in [3.8, 4) is 0 Å². The van der Waals surface area contributed by atoms with Gasteiger partial charge in [-0.05, 0) is 71.6 Å². The van der Waals surface area contributed by atoms with Gasteiger partial charge in [-0.2, -0.15) is 0 Å². The van der Waals surface area contributed by atoms with Gasteiger partial charge in [-0.1, -0.05) is 6.58 Å². The molecule has 0 aromatic rings. The van der Waals surface area contributed by atoms with Gasteiger partial charge in [-0.3, -0.25) is 0 Å². The number of hydrogen-bond donors (Lipinski definition) is 2. The minimum absolute atomic E-state index is 0.0377. The quantitative estimate of drug-likeness (QED) is 0.222. The second kappa shape index (κ2) is 9.72. The Kier molecular flexibility index (Phi) is 9.49. The van der Waals surface area contributed by atoms with Gasteiger partial charge >= 0.3 is 20.5 Å². The number of aliphatic hydroxyl groups is 2. The lowest BCUT2D eigenvalue weighted by molar-refractivity contribution is -0.176. The molecule has 0 rings (SSSR count). The molecule has 0 aromatic carbocycles. The molecule has 0 aliphatic rings. The van der Waals surface area contributed by atoms with Crippen LogP contribution in [0.3, 0.4) is 0 Å². The maximum atomic E-state index is 12.1. The van der Waals surface area contributed by atoms with Crippen LogP contribution in [0.5, 0.6) is 0 Å². The highest BCUT2D eigenvalue weighted by Gasteiger charge is 2.43. The summed E-state index contributed by atoms with van der Waals surface area (Å²) in [4.78, 5) is 23.6. The van der Waals surface area contributed by atoms with E-state index in [0.717, 1.165) is 0 Å². The number of rotatable bonds is 11. The van der Waals surface area contributed by atoms with E-state index in [1.54, 1.807) is 0 Å². The van der Waals surface area contributed by atoms with Gasteiger partial charge in [0.2, 0.25) is 0 Å². The molecule has 2 N–H and O–H groups in total. The van der Waals surface area contributed by atoms with Crippen molar-refractivity contribution in [1.29, 1.82) is 0 Å². The zero-order valence-corrected chi connectivity index (χ0v) is 21.0. The summed E-state index contributed by atoms with van der Waals surface area (Å²) in [6.07, 6.45) is 0.337. The van der Waals surface area contributed by atoms with Gasteiger partial charge in [0.1, 0.15) is 0 Å². The van der Waals surface area contributed by atoms with Gasteiger partial charge in [0, 0.05) is 5.57 Å². The molecule has 7 nitrogen and oxygen atoms in total. The van der Waals surface area contributed by atoms with Crippen LogP contribution in [0, 0.1) is 0 Å². The van der Waals surface area contributed by atoms with Crippen LogP contribution in [0.1, 0.15) is 19.8 Å². The lowest BCUT2D eigenvalue weighted by Crippen LogP contribution is -2.53. The maximum absolute atomic E-state index is 12.1. The van der Waals surface area contributed by atoms with Crippen molar-refractivity contribution in [2.75, 3.05) is 6.61 Å². The fraction of sp³-hybridized carbons (Fsp3) is 0.765. The number of carbonyl (C=O) groups excluding carboxylic acids is 2. The zero-order chi connectivity index (χ0) is 21.7. The van der Waals surface area contributed by atoms with Crippen LogP contribution in [0.4, 0.5) is 0 Å². The molecule has 0 bridgehead atoms. The summed E-state index contributed by atoms with van der Waals surface area (Å²) >= 11 is 0. The van der Waals surface area contributed by atoms with Crippen LogP contribution >= 0.6 is 0 Å². The fourth-order valence-corrected chi connectivity index (χ4v) is 15.2. The number of ether oxygens (including phenoxy) is 1. The van der Waals surface area contributed by atoms with Gasteiger partial charge in [-0.25, -0.2) is 9.59 Å². The monoisotopic (exact) mass is 436 g/mol. The molecular weight excluding hydrogens is 400 g/mol. The van der Waals surface area contributed by atoms with E-state index >= 15 is 0 Å². The Morgan fingerprint density at radius 1 is 1.00 bits per heavy atom. The largest absolute Gasteiger partial charge is 0.437 e. The molecule has 0 aliphatic heterocycles. The average Bonchev–Trinajstić information content (AvgIpc) is 2.42. The Morgan fingerprint density at radius 3 is 1.78 bits per heavy atom. The second-order valence-electron chi connectivity index (χ2n) is 9.06. The predicted molar refractivity (Wildman–Crippen MR) is 112 cm³/mol. The highest BCUT2D eigenvalue weighted by atomic mass is 28.5. The molecule has 1 atom stereocenters. The van der Waals surface area contributed by atoms with Gasteiger partial charge < -0.3 is 23.2 Å². The molecule has 0 fully saturated rings. The molecule has 0 spiro atoms. The van der Waals surface area contributed by atoms with E-state index in [0.29, 0.717) is 12.5 Å². The van der Waals surface area contributed by atoms with E-state index in [2.05, 4.69) is 50.6 Å². The summed E-state index contributed by atoms with van der Waals surface area (Å²) in [7, 11) is -6.22. The molecule has 0 radical (unpaired) electrons. The van der Waals surface area contributed by atoms with Crippen molar-refractivity contribution in [2.24, 2.45) is 0 Å². The van der Waals surface area contributed by atoms with Crippen molar-refractivity contribution in [3.05, 3.63) is 12.2 Å². The lowest BCUT2D eigenvalue weighted by Gasteiger charge is -2.39. The summed E-state index contributed by atoms with van der Waals surface area (Å²) < 4.78 is 17.3. The molecule has 0 aliphatic carbocycles. The Bertz CT molecular complexity index is 536. The van der Waals surface area contributed by atoms with E-state index < -0.39 is 49.3 Å². The normalized spacial score (nSPS) is 15.2. The van der Waals surface area contributed by atoms with E-state index in [1.165, 1.54) is 6.92 Å². The SMILES string of the molecule is C=C(C)C(=O)OC(=O)C(O)(CO)CCC[Si](C)(O[Si](C)(C)C)O[Si](C)(C)C. The Hall–Kier alpha value is -0.629. The van der Waals surface area contributed by atoms with Crippen LogP contribution in [0.25, 0.3) is 0 Å². The third-order valence-corrected chi connectivity index (χ3v) is 13.1. The Balaban J connectivity index is 5.12. The second-order valence-corrected chi connectivity index (χ2v) is 21.9. The Morgan fingerprint density at radius 2 is 1.44 bits per heavy atom. The number of carbonyl (C=O) groups is 2. The molecule has 0 saturated carbocycles. The smallest absolute Gasteiger partial charge is 0.348 e. The average molecular weight is 437 g/mol. The molecule has 0 aromatic heterocycles. The molecular formula is C17H36O7Si3. The maximum Gasteiger partial charge on any atom is 0.348 e. The van der Waals surface area contributed by atoms with E-state index in [4.69, 9.17) is 8.23 Å². The van der Waals surface area contributed by atoms with Crippen molar-refractivity contribution < 1.29 is 32.8 Å². The van der Waals surface area contributed by atoms with Gasteiger partial charge in [0.05, 0.1) is 6.61 Å².